The lowest BCUT2D eigenvalue weighted by Gasteiger charge is -2.13. The van der Waals surface area contributed by atoms with Gasteiger partial charge >= 0.3 is 23.9 Å². The Balaban J connectivity index is -0.000000255. The highest BCUT2D eigenvalue weighted by molar-refractivity contribution is 7.92. The van der Waals surface area contributed by atoms with Gasteiger partial charge in [0.05, 0.1) is 26.4 Å². The van der Waals surface area contributed by atoms with Gasteiger partial charge in [0.15, 0.2) is 9.84 Å². The summed E-state index contributed by atoms with van der Waals surface area (Å²) in [5, 5.41) is -3.20. The van der Waals surface area contributed by atoms with Gasteiger partial charge in [-0.15, -0.1) is 0 Å². The van der Waals surface area contributed by atoms with Crippen LogP contribution in [0, 0.1) is 0 Å². The molecule has 0 saturated heterocycles. The minimum Gasteiger partial charge on any atom is -0.465 e. The first-order valence-electron chi connectivity index (χ1n) is 12.9. The van der Waals surface area contributed by atoms with Gasteiger partial charge in [-0.3, -0.25) is 23.4 Å². The number of esters is 4. The molecular weight excluding hydrogens is 594 g/mol. The van der Waals surface area contributed by atoms with Gasteiger partial charge in [-0.05, 0) is 27.7 Å². The molecule has 0 aromatic carbocycles. The monoisotopic (exact) mass is 625 g/mol. The second-order valence-corrected chi connectivity index (χ2v) is 11.8. The molecule has 0 rings (SSSR count). The van der Waals surface area contributed by atoms with E-state index in [0.717, 1.165) is 6.26 Å². The molecule has 0 amide bonds. The third kappa shape index (κ3) is 25.2. The van der Waals surface area contributed by atoms with Gasteiger partial charge < -0.3 is 18.9 Å². The quantitative estimate of drug-likeness (QED) is 0.0786. The summed E-state index contributed by atoms with van der Waals surface area (Å²) in [6.45, 7) is 6.55. The van der Waals surface area contributed by atoms with Crippen molar-refractivity contribution in [2.75, 3.05) is 38.9 Å². The zero-order chi connectivity index (χ0) is 35.8. The maximum absolute atomic E-state index is 11.2. The molecule has 0 aliphatic carbocycles. The number of ether oxygens (including phenoxy) is 4. The van der Waals surface area contributed by atoms with Crippen LogP contribution in [0.5, 0.6) is 0 Å². The van der Waals surface area contributed by atoms with Crippen molar-refractivity contribution in [1.29, 1.82) is 0 Å². The Hall–Kier alpha value is -1.05. The van der Waals surface area contributed by atoms with E-state index in [1.165, 1.54) is 27.2 Å². The summed E-state index contributed by atoms with van der Waals surface area (Å²) in [6, 6.07) is 0. The van der Waals surface area contributed by atoms with Crippen LogP contribution in [0.15, 0.2) is 0 Å². The summed E-state index contributed by atoms with van der Waals surface area (Å²) in [5.41, 5.74) is 0. The molecule has 0 aliphatic rings. The third-order valence-corrected chi connectivity index (χ3v) is 6.61. The van der Waals surface area contributed by atoms with Crippen molar-refractivity contribution in [1.82, 2.24) is 0 Å². The fraction of sp³-hybridized carbons (Fsp3) is 0.750. The lowest BCUT2D eigenvalue weighted by Crippen LogP contribution is -2.52. The van der Waals surface area contributed by atoms with Crippen LogP contribution in [-0.4, -0.2) is 195 Å². The van der Waals surface area contributed by atoms with Crippen molar-refractivity contribution >= 4 is 153 Å². The molecule has 44 heavy (non-hydrogen) atoms. The second kappa shape index (κ2) is 28.2. The topological polar surface area (TPSA) is 156 Å². The first-order chi connectivity index (χ1) is 20.1. The van der Waals surface area contributed by atoms with Crippen LogP contribution in [-0.2, 0) is 58.8 Å². The number of carbonyl (C=O) groups is 4. The highest BCUT2D eigenvalue weighted by Gasteiger charge is 2.39. The summed E-state index contributed by atoms with van der Waals surface area (Å²) in [5.74, 6) is -3.80. The SMILES string of the molecule is CCOC(=O)C(C(=O)OCC)S(C)(=O)=O.CCOC(=O)C(C(=O)OCC)S(C)=O.[B]B([B])B([B])B([B])[B].[B][B]B([B])B([B])[B]. The molecule has 0 N–H and O–H groups in total. The van der Waals surface area contributed by atoms with Crippen molar-refractivity contribution < 1.29 is 50.8 Å². The van der Waals surface area contributed by atoms with Gasteiger partial charge in [-0.1, -0.05) is 0 Å². The minimum absolute atomic E-state index is 0.00422. The average molecular weight is 623 g/mol. The Morgan fingerprint density at radius 2 is 0.977 bits per heavy atom. The number of rotatable bonds is 14. The zero-order valence-corrected chi connectivity index (χ0v) is 27.6. The summed E-state index contributed by atoms with van der Waals surface area (Å²) in [6.07, 6.45) is -0.658. The van der Waals surface area contributed by atoms with E-state index in [4.69, 9.17) is 69.6 Å². The Kier molecular flexibility index (Phi) is 31.9. The van der Waals surface area contributed by atoms with Crippen LogP contribution in [0.1, 0.15) is 27.7 Å². The maximum atomic E-state index is 11.2. The van der Waals surface area contributed by atoms with Crippen molar-refractivity contribution in [2.45, 2.75) is 38.2 Å². The smallest absolute Gasteiger partial charge is 0.336 e. The highest BCUT2D eigenvalue weighted by Crippen LogP contribution is 2.05. The van der Waals surface area contributed by atoms with E-state index in [0.29, 0.717) is 0 Å². The van der Waals surface area contributed by atoms with Crippen molar-refractivity contribution in [3.63, 3.8) is 0 Å². The Morgan fingerprint density at radius 3 is 1.11 bits per heavy atom. The molecule has 11 nitrogen and oxygen atoms in total. The van der Waals surface area contributed by atoms with E-state index in [9.17, 15) is 31.8 Å². The van der Waals surface area contributed by atoms with E-state index >= 15 is 0 Å². The van der Waals surface area contributed by atoms with E-state index in [1.807, 2.05) is 0 Å². The number of carbonyl (C=O) groups excluding carboxylic acids is 4. The van der Waals surface area contributed by atoms with Crippen LogP contribution in [0.2, 0.25) is 0 Å². The molecule has 0 heterocycles. The van der Waals surface area contributed by atoms with Gasteiger partial charge in [0.1, 0.15) is 0 Å². The number of hydrogen-bond acceptors (Lipinski definition) is 11. The molecule has 28 heteroatoms. The zero-order valence-electron chi connectivity index (χ0n) is 26.0. The number of hydrogen-bond donors (Lipinski definition) is 0. The predicted octanol–water partition coefficient (Wildman–Crippen LogP) is -6.33. The largest absolute Gasteiger partial charge is 0.465 e. The van der Waals surface area contributed by atoms with E-state index in [-0.39, 0.29) is 32.8 Å². The molecule has 1 unspecified atom stereocenters. The Bertz CT molecular complexity index is 916. The first-order valence-corrected chi connectivity index (χ1v) is 16.5. The van der Waals surface area contributed by atoms with Gasteiger partial charge in [0, 0.05) is 132 Å². The fourth-order valence-electron chi connectivity index (χ4n) is 2.07. The van der Waals surface area contributed by atoms with Gasteiger partial charge in [0.2, 0.25) is 5.25 Å². The Labute approximate surface area is 280 Å². The van der Waals surface area contributed by atoms with Gasteiger partial charge in [-0.25, -0.2) is 8.42 Å². The predicted molar refractivity (Wildman–Crippen MR) is 189 cm³/mol. The number of sulfone groups is 1. The van der Waals surface area contributed by atoms with Gasteiger partial charge in [-0.2, -0.15) is 0 Å². The van der Waals surface area contributed by atoms with Crippen molar-refractivity contribution in [3.05, 3.63) is 0 Å². The highest BCUT2D eigenvalue weighted by atomic mass is 32.2. The summed E-state index contributed by atoms with van der Waals surface area (Å²) < 4.78 is 51.6. The molecule has 215 valence electrons. The fourth-order valence-corrected chi connectivity index (χ4v) is 3.58. The lowest BCUT2D eigenvalue weighted by atomic mass is 8.68. The summed E-state index contributed by atoms with van der Waals surface area (Å²) in [4.78, 5) is 44.8. The molecule has 0 spiro atoms. The maximum Gasteiger partial charge on any atom is 0.336 e. The lowest BCUT2D eigenvalue weighted by molar-refractivity contribution is -0.155. The third-order valence-electron chi connectivity index (χ3n) is 4.32. The van der Waals surface area contributed by atoms with Gasteiger partial charge in [0.25, 0.3) is 5.25 Å². The Morgan fingerprint density at radius 1 is 0.682 bits per heavy atom. The summed E-state index contributed by atoms with van der Waals surface area (Å²) >= 11 is 0. The molecule has 0 bridgehead atoms. The molecule has 0 saturated carbocycles. The minimum atomic E-state index is -3.86. The van der Waals surface area contributed by atoms with Crippen LogP contribution >= 0.6 is 0 Å². The van der Waals surface area contributed by atoms with Crippen molar-refractivity contribution in [2.24, 2.45) is 0 Å². The van der Waals surface area contributed by atoms with Crippen LogP contribution in [0.25, 0.3) is 0 Å². The van der Waals surface area contributed by atoms with E-state index in [1.54, 1.807) is 13.8 Å². The average Bonchev–Trinajstić information content (AvgIpc) is 2.88. The summed E-state index contributed by atoms with van der Waals surface area (Å²) in [7, 11) is 41.9. The molecule has 0 fully saturated rings. The molecule has 0 aromatic rings. The first kappa shape index (κ1) is 49.8. The second-order valence-electron chi connectivity index (χ2n) is 8.18. The van der Waals surface area contributed by atoms with Crippen LogP contribution < -0.4 is 0 Å². The molecule has 19 radical (unpaired) electrons. The normalized spacial score (nSPS) is 10.4. The van der Waals surface area contributed by atoms with E-state index < -0.39 is 80.6 Å². The molecule has 1 atom stereocenters. The molecule has 0 aliphatic heterocycles. The van der Waals surface area contributed by atoms with Crippen LogP contribution in [0.3, 0.4) is 0 Å². The molecule has 0 aromatic heterocycles. The molecular formula is C16H28B15O11S2. The van der Waals surface area contributed by atoms with E-state index in [2.05, 4.69) is 18.9 Å². The van der Waals surface area contributed by atoms with Crippen molar-refractivity contribution in [3.8, 4) is 0 Å². The van der Waals surface area contributed by atoms with Crippen LogP contribution in [0.4, 0.5) is 0 Å². The standard InChI is InChI=1S/C8H14O6S.C8H14O5S.B8.B7/c1-4-13-7(9)6(15(3,11)12)8(10)14-5-2;1-4-12-7(9)6(14(3)11)8(10)13-5-2;1-6(2)8(5)7(3)4;1-5-7(4)6(2)3/h6H,4-5H2,1-3H3;6H,4-5H2,1-3H3;;.